The monoisotopic (exact) mass is 1830 g/mol. The van der Waals surface area contributed by atoms with Crippen molar-refractivity contribution in [1.82, 2.24) is 27.4 Å². The summed E-state index contributed by atoms with van der Waals surface area (Å²) in [5, 5.41) is 11.3. The first-order chi connectivity index (χ1) is 68.3. The van der Waals surface area contributed by atoms with Crippen LogP contribution in [0.5, 0.6) is 0 Å². The van der Waals surface area contributed by atoms with Crippen LogP contribution in [0.2, 0.25) is 0 Å². The van der Waals surface area contributed by atoms with Crippen LogP contribution in [-0.2, 0) is 21.7 Å². The lowest BCUT2D eigenvalue weighted by Gasteiger charge is -2.28. The Morgan fingerprint density at radius 3 is 0.674 bits per heavy atom. The number of nitrogens with zero attached hydrogens (tertiary/aromatic N) is 9. The zero-order valence-electron chi connectivity index (χ0n) is 82.8. The van der Waals surface area contributed by atoms with E-state index in [2.05, 4.69) is 594 Å². The number of rotatable bonds is 15. The number of hydrogen-bond donors (Lipinski definition) is 0. The topological polar surface area (TPSA) is 39.3 Å². The van der Waals surface area contributed by atoms with Crippen LogP contribution in [-0.4, -0.2) is 27.4 Å². The van der Waals surface area contributed by atoms with Crippen molar-refractivity contribution in [3.8, 4) is 34.1 Å². The van der Waals surface area contributed by atoms with Gasteiger partial charge in [-0.05, 0) is 282 Å². The summed E-state index contributed by atoms with van der Waals surface area (Å²) >= 11 is 0. The van der Waals surface area contributed by atoms with Crippen molar-refractivity contribution < 1.29 is 0 Å². The fourth-order valence-corrected chi connectivity index (χ4v) is 20.7. The molecule has 9 heteroatoms. The molecule has 0 unspecified atom stereocenters. The van der Waals surface area contributed by atoms with Crippen molar-refractivity contribution in [3.63, 3.8) is 0 Å². The van der Waals surface area contributed by atoms with Gasteiger partial charge in [0.05, 0.1) is 49.7 Å². The van der Waals surface area contributed by atoms with Gasteiger partial charge in [0.25, 0.3) is 0 Å². The summed E-state index contributed by atoms with van der Waals surface area (Å²) in [7, 11) is 0. The Kier molecular flexibility index (Phi) is 22.9. The second-order valence-corrected chi connectivity index (χ2v) is 41.7. The highest BCUT2D eigenvalue weighted by Crippen LogP contribution is 2.47. The summed E-state index contributed by atoms with van der Waals surface area (Å²) in [6.45, 7) is 31.5. The molecule has 0 saturated carbocycles. The molecule has 24 rings (SSSR count). The van der Waals surface area contributed by atoms with E-state index >= 15 is 0 Å². The van der Waals surface area contributed by atoms with Crippen LogP contribution in [0, 0.1) is 13.8 Å². The highest BCUT2D eigenvalue weighted by molar-refractivity contribution is 6.21. The van der Waals surface area contributed by atoms with Gasteiger partial charge in [-0.2, -0.15) is 0 Å². The normalized spacial score (nSPS) is 12.0. The maximum atomic E-state index is 2.41. The number of anilines is 9. The number of para-hydroxylation sites is 6. The molecule has 18 aromatic carbocycles. The van der Waals surface area contributed by atoms with Gasteiger partial charge in [0.1, 0.15) is 0 Å². The molecule has 690 valence electrons. The van der Waals surface area contributed by atoms with Gasteiger partial charge in [-0.1, -0.05) is 307 Å². The quantitative estimate of drug-likeness (QED) is 0.103. The number of benzene rings is 18. The maximum absolute atomic E-state index is 2.41. The third-order valence-corrected chi connectivity index (χ3v) is 28.2. The van der Waals surface area contributed by atoms with E-state index in [9.17, 15) is 0 Å². The molecule has 0 amide bonds. The number of fused-ring (bicyclic) bond motifs is 15. The Morgan fingerprint density at radius 2 is 0.397 bits per heavy atom. The van der Waals surface area contributed by atoms with Crippen LogP contribution in [0.3, 0.4) is 0 Å². The Bertz CT molecular complexity index is 8540. The minimum Gasteiger partial charge on any atom is -0.316 e. The van der Waals surface area contributed by atoms with Gasteiger partial charge in [-0.3, -0.25) is 0 Å². The van der Waals surface area contributed by atoms with Crippen molar-refractivity contribution in [1.29, 1.82) is 0 Å². The molecule has 0 aliphatic carbocycles. The van der Waals surface area contributed by atoms with Crippen molar-refractivity contribution in [2.45, 2.75) is 119 Å². The standard InChI is InChI=1S/2C46H43N3.C40H31N3/c1-45(2,3)32-19-23-35(24-20-32)48(36-25-21-33(22-26-36)46(4,5)6)38-16-12-15-37(31-38)47-30-29-41-42(47)28-27-40-39-17-10-11-18-43(39)49(44(40)41)34-13-8-7-9-14-34;1-45(2,3)32-16-20-36(21-17-32)48(37-22-18-33(19-23-37)46(4,5)6)38-26-24-34(25-27-38)47-31-30-41-42(47)29-28-40-39-14-10-11-15-43(39)49(44(40)41)35-12-8-7-9-13-35;1-28-15-19-31(20-16-28)42(32-21-17-29(2)18-22-32)34-12-8-11-33(27-34)41-26-25-37-38(41)24-23-36-35-13-6-7-14-39(35)43(40(36)37)30-9-4-3-5-10-30/h2*7-31H,1-6H3;3-27H,1-2H3. The maximum Gasteiger partial charge on any atom is 0.0635 e. The second kappa shape index (κ2) is 36.1. The third kappa shape index (κ3) is 16.9. The summed E-state index contributed by atoms with van der Waals surface area (Å²) in [5.41, 5.74) is 36.2. The van der Waals surface area contributed by atoms with Gasteiger partial charge in [-0.15, -0.1) is 0 Å². The lowest BCUT2D eigenvalue weighted by atomic mass is 9.86. The van der Waals surface area contributed by atoms with Crippen LogP contribution in [0.4, 0.5) is 51.2 Å². The fraction of sp³-hybridized carbons (Fsp3) is 0.136. The molecule has 6 aromatic heterocycles. The molecule has 0 aliphatic rings. The highest BCUT2D eigenvalue weighted by Gasteiger charge is 2.27. The summed E-state index contributed by atoms with van der Waals surface area (Å²) in [4.78, 5) is 7.07. The first kappa shape index (κ1) is 89.6. The molecule has 0 saturated heterocycles. The molecule has 9 nitrogen and oxygen atoms in total. The Balaban J connectivity index is 0.000000122. The first-order valence-electron chi connectivity index (χ1n) is 49.3. The van der Waals surface area contributed by atoms with E-state index in [1.807, 2.05) is 0 Å². The number of aryl methyl sites for hydroxylation is 2. The van der Waals surface area contributed by atoms with Gasteiger partial charge < -0.3 is 42.1 Å². The molecular weight excluding hydrogens is 1710 g/mol. The highest BCUT2D eigenvalue weighted by atomic mass is 15.2. The molecule has 0 spiro atoms. The average molecular weight is 1830 g/mol. The van der Waals surface area contributed by atoms with Crippen molar-refractivity contribution in [2.24, 2.45) is 0 Å². The smallest absolute Gasteiger partial charge is 0.0635 e. The predicted molar refractivity (Wildman–Crippen MR) is 601 cm³/mol. The van der Waals surface area contributed by atoms with E-state index in [0.717, 1.165) is 68.2 Å². The molecule has 0 aliphatic heterocycles. The van der Waals surface area contributed by atoms with Gasteiger partial charge in [0.2, 0.25) is 0 Å². The van der Waals surface area contributed by atoms with E-state index in [-0.39, 0.29) is 21.7 Å². The SMILES string of the molecule is CC(C)(C)c1ccc(N(c2ccc(-n3ccc4c3ccc3c5ccccc5n(-c5ccccc5)c34)cc2)c2ccc(C(C)(C)C)cc2)cc1.CC(C)(C)c1ccc(N(c2ccc(C(C)(C)C)cc2)c2cccc(-n3ccc4c3ccc3c5ccccc5n(-c5ccccc5)c34)c2)cc1.Cc1ccc(N(c2ccc(C)cc2)c2cccc(-n3ccc4c3ccc3c5ccccc5n(-c5ccccc5)c34)c2)cc1. The minimum absolute atomic E-state index is 0.0880. The molecule has 141 heavy (non-hydrogen) atoms. The summed E-state index contributed by atoms with van der Waals surface area (Å²) in [6.07, 6.45) is 6.63. The van der Waals surface area contributed by atoms with Gasteiger partial charge in [0, 0.05) is 152 Å². The van der Waals surface area contributed by atoms with Gasteiger partial charge >= 0.3 is 0 Å². The van der Waals surface area contributed by atoms with E-state index in [4.69, 9.17) is 0 Å². The van der Waals surface area contributed by atoms with Crippen LogP contribution in [0.1, 0.15) is 116 Å². The number of aromatic nitrogens is 6. The summed E-state index contributed by atoms with van der Waals surface area (Å²) in [5.74, 6) is 0. The van der Waals surface area contributed by atoms with Crippen molar-refractivity contribution >= 4 is 149 Å². The second-order valence-electron chi connectivity index (χ2n) is 41.7. The lowest BCUT2D eigenvalue weighted by molar-refractivity contribution is 0.590. The zero-order chi connectivity index (χ0) is 96.7. The fourth-order valence-electron chi connectivity index (χ4n) is 20.7. The molecule has 0 N–H and O–H groups in total. The van der Waals surface area contributed by atoms with E-state index in [1.165, 1.54) is 149 Å². The zero-order valence-corrected chi connectivity index (χ0v) is 82.8. The molecule has 24 aromatic rings. The number of hydrogen-bond acceptors (Lipinski definition) is 3. The minimum atomic E-state index is 0.0880. The largest absolute Gasteiger partial charge is 0.316 e. The Morgan fingerprint density at radius 1 is 0.163 bits per heavy atom. The Labute approximate surface area is 827 Å². The first-order valence-corrected chi connectivity index (χ1v) is 49.3. The third-order valence-electron chi connectivity index (χ3n) is 28.2. The molecule has 0 radical (unpaired) electrons. The molecule has 0 fully saturated rings. The van der Waals surface area contributed by atoms with E-state index in [0.29, 0.717) is 0 Å². The lowest BCUT2D eigenvalue weighted by Crippen LogP contribution is -2.14. The molecule has 6 heterocycles. The van der Waals surface area contributed by atoms with Crippen LogP contribution in [0.25, 0.3) is 132 Å². The van der Waals surface area contributed by atoms with Gasteiger partial charge in [-0.25, -0.2) is 0 Å². The average Bonchev–Trinajstić information content (AvgIpc) is 1.57. The Hall–Kier alpha value is -16.6. The van der Waals surface area contributed by atoms with Crippen LogP contribution < -0.4 is 14.7 Å². The van der Waals surface area contributed by atoms with Crippen molar-refractivity contribution in [2.75, 3.05) is 14.7 Å². The van der Waals surface area contributed by atoms with E-state index < -0.39 is 0 Å². The van der Waals surface area contributed by atoms with Gasteiger partial charge in [0.15, 0.2) is 0 Å². The van der Waals surface area contributed by atoms with E-state index in [1.54, 1.807) is 0 Å². The van der Waals surface area contributed by atoms with Crippen LogP contribution >= 0.6 is 0 Å². The summed E-state index contributed by atoms with van der Waals surface area (Å²) < 4.78 is 14.2. The predicted octanol–water partition coefficient (Wildman–Crippen LogP) is 36.4. The summed E-state index contributed by atoms with van der Waals surface area (Å²) in [6, 6.07) is 159. The van der Waals surface area contributed by atoms with Crippen LogP contribution in [0.15, 0.2) is 455 Å². The molecule has 0 bridgehead atoms. The molecule has 0 atom stereocenters. The van der Waals surface area contributed by atoms with Crippen molar-refractivity contribution in [3.05, 3.63) is 489 Å². The molecular formula is C132H117N9.